The van der Waals surface area contributed by atoms with E-state index in [-0.39, 0.29) is 23.2 Å². The van der Waals surface area contributed by atoms with Crippen molar-refractivity contribution in [3.8, 4) is 17.0 Å². The zero-order valence-electron chi connectivity index (χ0n) is 21.8. The predicted octanol–water partition coefficient (Wildman–Crippen LogP) is 6.24. The molecule has 2 heterocycles. The van der Waals surface area contributed by atoms with Gasteiger partial charge in [-0.25, -0.2) is 4.98 Å². The topological polar surface area (TPSA) is 67.7 Å². The number of nitrogens with one attached hydrogen (secondary N) is 2. The second-order valence-corrected chi connectivity index (χ2v) is 10.1. The highest BCUT2D eigenvalue weighted by Crippen LogP contribution is 2.27. The minimum atomic E-state index is -4.36. The Bertz CT molecular complexity index is 1430. The second-order valence-electron chi connectivity index (χ2n) is 9.68. The van der Waals surface area contributed by atoms with E-state index in [0.29, 0.717) is 12.2 Å². The Labute approximate surface area is 230 Å². The number of ether oxygens (including phenoxy) is 1. The molecular formula is C29H30ClF3N4O2. The summed E-state index contributed by atoms with van der Waals surface area (Å²) in [5.41, 5.74) is 4.81. The highest BCUT2D eigenvalue weighted by Gasteiger charge is 2.27. The van der Waals surface area contributed by atoms with Crippen molar-refractivity contribution < 1.29 is 22.7 Å². The molecule has 206 valence electrons. The molecule has 1 amide bonds. The molecule has 0 bridgehead atoms. The Balaban J connectivity index is 1.48. The molecule has 6 nitrogen and oxygen atoms in total. The van der Waals surface area contributed by atoms with Crippen LogP contribution in [-0.2, 0) is 6.42 Å². The number of carbonyl (C=O) groups is 1. The molecule has 0 aliphatic rings. The summed E-state index contributed by atoms with van der Waals surface area (Å²) in [5.74, 6) is 0.0102. The molecule has 2 aromatic carbocycles. The molecule has 0 aliphatic carbocycles. The van der Waals surface area contributed by atoms with Crippen molar-refractivity contribution in [2.24, 2.45) is 0 Å². The quantitative estimate of drug-likeness (QED) is 0.242. The normalized spacial score (nSPS) is 12.6. The van der Waals surface area contributed by atoms with Crippen LogP contribution in [0.1, 0.15) is 35.3 Å². The number of fused-ring (bicyclic) bond motifs is 1. The largest absolute Gasteiger partial charge is 0.489 e. The Hall–Kier alpha value is -3.56. The maximum atomic E-state index is 13.0. The zero-order chi connectivity index (χ0) is 28.2. The van der Waals surface area contributed by atoms with Gasteiger partial charge in [0.1, 0.15) is 11.4 Å². The number of hydrogen-bond acceptors (Lipinski definition) is 4. The number of nitrogens with zero attached hydrogens (tertiary/aromatic N) is 2. The van der Waals surface area contributed by atoms with Crippen LogP contribution < -0.4 is 15.4 Å². The minimum Gasteiger partial charge on any atom is -0.489 e. The lowest BCUT2D eigenvalue weighted by atomic mass is 10.0. The van der Waals surface area contributed by atoms with Gasteiger partial charge in [0.25, 0.3) is 5.91 Å². The minimum absolute atomic E-state index is 0.0685. The summed E-state index contributed by atoms with van der Waals surface area (Å²) in [6, 6.07) is 15.6. The van der Waals surface area contributed by atoms with Crippen LogP contribution in [0.15, 0.2) is 67.0 Å². The van der Waals surface area contributed by atoms with E-state index in [1.165, 1.54) is 6.07 Å². The highest BCUT2D eigenvalue weighted by atomic mass is 35.5. The van der Waals surface area contributed by atoms with Crippen molar-refractivity contribution in [3.63, 3.8) is 0 Å². The van der Waals surface area contributed by atoms with Crippen LogP contribution in [0, 0.1) is 6.92 Å². The molecule has 0 aliphatic heterocycles. The number of amides is 1. The van der Waals surface area contributed by atoms with E-state index in [1.807, 2.05) is 74.0 Å². The Morgan fingerprint density at radius 3 is 2.51 bits per heavy atom. The summed E-state index contributed by atoms with van der Waals surface area (Å²) in [6.45, 7) is 4.50. The summed E-state index contributed by atoms with van der Waals surface area (Å²) in [6.07, 6.45) is -0.239. The van der Waals surface area contributed by atoms with Crippen molar-refractivity contribution in [2.45, 2.75) is 45.5 Å². The molecule has 4 aromatic rings. The summed E-state index contributed by atoms with van der Waals surface area (Å²) in [7, 11) is 0. The van der Waals surface area contributed by atoms with Gasteiger partial charge in [0.2, 0.25) is 0 Å². The molecule has 0 spiro atoms. The molecule has 39 heavy (non-hydrogen) atoms. The van der Waals surface area contributed by atoms with Crippen molar-refractivity contribution in [1.82, 2.24) is 20.0 Å². The molecule has 0 saturated heterocycles. The molecule has 1 atom stereocenters. The van der Waals surface area contributed by atoms with Gasteiger partial charge in [0.05, 0.1) is 23.4 Å². The molecule has 4 rings (SSSR count). The maximum absolute atomic E-state index is 13.0. The third kappa shape index (κ3) is 7.74. The molecule has 0 radical (unpaired) electrons. The van der Waals surface area contributed by atoms with Crippen molar-refractivity contribution in [2.75, 3.05) is 13.1 Å². The fraction of sp³-hybridized carbons (Fsp3) is 0.310. The van der Waals surface area contributed by atoms with Gasteiger partial charge in [-0.1, -0.05) is 41.9 Å². The molecular weight excluding hydrogens is 529 g/mol. The predicted molar refractivity (Wildman–Crippen MR) is 146 cm³/mol. The van der Waals surface area contributed by atoms with Gasteiger partial charge < -0.3 is 19.8 Å². The van der Waals surface area contributed by atoms with E-state index in [4.69, 9.17) is 21.3 Å². The number of aryl methyl sites for hydroxylation is 1. The molecule has 2 aromatic heterocycles. The number of halogens is 4. The smallest absolute Gasteiger partial charge is 0.401 e. The van der Waals surface area contributed by atoms with Crippen LogP contribution >= 0.6 is 11.6 Å². The Morgan fingerprint density at radius 2 is 1.87 bits per heavy atom. The second kappa shape index (κ2) is 12.1. The van der Waals surface area contributed by atoms with Gasteiger partial charge in [0.15, 0.2) is 0 Å². The molecule has 0 fully saturated rings. The third-order valence-electron chi connectivity index (χ3n) is 6.02. The van der Waals surface area contributed by atoms with Gasteiger partial charge in [0, 0.05) is 36.1 Å². The SMILES string of the molecule is Cc1cccn2cc(-c3ccc(C[C@@H](CNCC(F)(F)F)NC(=O)c4ccc(OC(C)C)c(Cl)c4)cc3)nc12. The lowest BCUT2D eigenvalue weighted by Gasteiger charge is -2.21. The van der Waals surface area contributed by atoms with Crippen molar-refractivity contribution in [1.29, 1.82) is 0 Å². The van der Waals surface area contributed by atoms with Crippen LogP contribution in [0.25, 0.3) is 16.9 Å². The fourth-order valence-electron chi connectivity index (χ4n) is 4.21. The summed E-state index contributed by atoms with van der Waals surface area (Å²) in [4.78, 5) is 17.7. The zero-order valence-corrected chi connectivity index (χ0v) is 22.6. The average Bonchev–Trinajstić information content (AvgIpc) is 3.30. The van der Waals surface area contributed by atoms with Gasteiger partial charge in [-0.15, -0.1) is 0 Å². The number of rotatable bonds is 10. The monoisotopic (exact) mass is 558 g/mol. The number of aromatic nitrogens is 2. The number of carbonyl (C=O) groups excluding carboxylic acids is 1. The van der Waals surface area contributed by atoms with Crippen LogP contribution in [-0.4, -0.2) is 46.7 Å². The van der Waals surface area contributed by atoms with Crippen LogP contribution in [0.4, 0.5) is 13.2 Å². The first-order valence-electron chi connectivity index (χ1n) is 12.6. The van der Waals surface area contributed by atoms with Crippen LogP contribution in [0.3, 0.4) is 0 Å². The number of benzene rings is 2. The fourth-order valence-corrected chi connectivity index (χ4v) is 4.44. The van der Waals surface area contributed by atoms with E-state index >= 15 is 0 Å². The summed E-state index contributed by atoms with van der Waals surface area (Å²) in [5, 5.41) is 5.52. The first-order valence-corrected chi connectivity index (χ1v) is 12.9. The number of hydrogen-bond donors (Lipinski definition) is 2. The maximum Gasteiger partial charge on any atom is 0.401 e. The molecule has 0 unspecified atom stereocenters. The van der Waals surface area contributed by atoms with Crippen LogP contribution in [0.2, 0.25) is 5.02 Å². The van der Waals surface area contributed by atoms with E-state index in [1.54, 1.807) is 12.1 Å². The van der Waals surface area contributed by atoms with Gasteiger partial charge in [-0.05, 0) is 62.6 Å². The first-order chi connectivity index (χ1) is 18.5. The molecule has 2 N–H and O–H groups in total. The average molecular weight is 559 g/mol. The Kier molecular flexibility index (Phi) is 8.82. The van der Waals surface area contributed by atoms with E-state index in [2.05, 4.69) is 10.6 Å². The lowest BCUT2D eigenvalue weighted by Crippen LogP contribution is -2.45. The lowest BCUT2D eigenvalue weighted by molar-refractivity contribution is -0.124. The van der Waals surface area contributed by atoms with E-state index in [0.717, 1.165) is 28.0 Å². The highest BCUT2D eigenvalue weighted by molar-refractivity contribution is 6.32. The third-order valence-corrected chi connectivity index (χ3v) is 6.31. The van der Waals surface area contributed by atoms with Crippen LogP contribution in [0.5, 0.6) is 5.75 Å². The van der Waals surface area contributed by atoms with Gasteiger partial charge in [-0.3, -0.25) is 4.79 Å². The summed E-state index contributed by atoms with van der Waals surface area (Å²) < 4.78 is 45.8. The van der Waals surface area contributed by atoms with E-state index < -0.39 is 24.7 Å². The number of pyridine rings is 1. The first kappa shape index (κ1) is 28.4. The number of imidazole rings is 1. The molecule has 0 saturated carbocycles. The Morgan fingerprint density at radius 1 is 1.13 bits per heavy atom. The van der Waals surface area contributed by atoms with Crippen molar-refractivity contribution in [3.05, 3.63) is 88.7 Å². The van der Waals surface area contributed by atoms with Crippen molar-refractivity contribution >= 4 is 23.2 Å². The standard InChI is InChI=1S/C29H30ClF3N4O2/c1-18(2)39-26-11-10-22(14-24(26)30)28(38)35-23(15-34-17-29(31,32)33)13-20-6-8-21(9-7-20)25-16-37-12-4-5-19(3)27(37)36-25/h4-12,14,16,18,23,34H,13,15,17H2,1-3H3,(H,35,38)/t23-/m0/s1. The van der Waals surface area contributed by atoms with E-state index in [9.17, 15) is 18.0 Å². The molecule has 10 heteroatoms. The van der Waals surface area contributed by atoms with Gasteiger partial charge >= 0.3 is 6.18 Å². The van der Waals surface area contributed by atoms with Gasteiger partial charge in [-0.2, -0.15) is 13.2 Å². The summed E-state index contributed by atoms with van der Waals surface area (Å²) >= 11 is 6.27. The number of alkyl halides is 3.